The zero-order chi connectivity index (χ0) is 40.4. The van der Waals surface area contributed by atoms with Crippen LogP contribution in [-0.4, -0.2) is 23.7 Å². The van der Waals surface area contributed by atoms with Gasteiger partial charge in [0.15, 0.2) is 0 Å². The maximum absolute atomic E-state index is 5.45. The molecule has 8 aromatic carbocycles. The van der Waals surface area contributed by atoms with E-state index in [-0.39, 0.29) is 0 Å². The summed E-state index contributed by atoms with van der Waals surface area (Å²) in [5, 5.41) is 2.37. The van der Waals surface area contributed by atoms with Gasteiger partial charge in [-0.25, -0.2) is 0 Å². The highest BCUT2D eigenvalue weighted by atomic mass is 15.2. The van der Waals surface area contributed by atoms with E-state index in [1.807, 2.05) is 24.3 Å². The summed E-state index contributed by atoms with van der Waals surface area (Å²) in [7, 11) is 0. The number of hydrogen-bond acceptors (Lipinski definition) is 4. The fourth-order valence-corrected chi connectivity index (χ4v) is 8.54. The van der Waals surface area contributed by atoms with Gasteiger partial charge in [-0.1, -0.05) is 164 Å². The molecule has 1 aromatic heterocycles. The number of rotatable bonds is 10. The minimum absolute atomic E-state index is 0.383. The minimum Gasteiger partial charge on any atom is -0.335 e. The molecule has 0 atom stereocenters. The smallest absolute Gasteiger partial charge is 0.115 e. The summed E-state index contributed by atoms with van der Waals surface area (Å²) in [6.07, 6.45) is 2.07. The molecule has 0 aliphatic carbocycles. The summed E-state index contributed by atoms with van der Waals surface area (Å²) < 4.78 is 2.34. The Morgan fingerprint density at radius 2 is 1.12 bits per heavy atom. The van der Waals surface area contributed by atoms with E-state index < -0.39 is 0 Å². The van der Waals surface area contributed by atoms with Crippen molar-refractivity contribution in [2.45, 2.75) is 13.2 Å². The number of hydrogen-bond donors (Lipinski definition) is 0. The lowest BCUT2D eigenvalue weighted by Gasteiger charge is -2.34. The third-order valence-electron chi connectivity index (χ3n) is 11.6. The predicted octanol–water partition coefficient (Wildman–Crippen LogP) is 14.0. The summed E-state index contributed by atoms with van der Waals surface area (Å²) in [5.74, 6) is 0. The highest BCUT2D eigenvalue weighted by Gasteiger charge is 2.26. The van der Waals surface area contributed by atoms with E-state index >= 15 is 0 Å². The zero-order valence-electron chi connectivity index (χ0n) is 33.1. The van der Waals surface area contributed by atoms with Crippen molar-refractivity contribution in [3.05, 3.63) is 217 Å². The Balaban J connectivity index is 1.12. The first kappa shape index (κ1) is 36.5. The van der Waals surface area contributed by atoms with Crippen molar-refractivity contribution in [1.82, 2.24) is 4.57 Å². The number of anilines is 2. The average molecular weight is 772 g/mol. The number of allylic oxidation sites excluding steroid dienone is 1. The summed E-state index contributed by atoms with van der Waals surface area (Å²) in [4.78, 5) is 16.8. The molecular formula is C55H41N5. The molecule has 0 spiro atoms. The van der Waals surface area contributed by atoms with Gasteiger partial charge in [-0.3, -0.25) is 15.0 Å². The molecule has 286 valence electrons. The number of benzene rings is 8. The van der Waals surface area contributed by atoms with E-state index in [4.69, 9.17) is 4.99 Å². The van der Waals surface area contributed by atoms with Gasteiger partial charge in [-0.2, -0.15) is 0 Å². The standard InChI is InChI=1S/C55H41N5/c1-56-49-22-12-14-24-53(49)59-36-44-19-9-10-20-45(44)47-33-48-46-21-11-13-23-52(46)60(55(48)35-54(47)59)37-58-51(43-31-27-41(28-32-43)39-17-7-4-8-18-39)34-50(57-2)42-29-25-40(26-30-42)38-15-5-3-6-16-38/h3-35H,1-2,36-37H2/b50-34-,58-51+. The Morgan fingerprint density at radius 3 is 1.82 bits per heavy atom. The third-order valence-corrected chi connectivity index (χ3v) is 11.6. The lowest BCUT2D eigenvalue weighted by Crippen LogP contribution is -2.21. The SMILES string of the molecule is C=N/C(=C\C(=N/Cn1c2ccccc2c2cc3c(cc21)N(c1ccccc1N=C)Cc1ccccc1-3)c1ccc(-c2ccccc2)cc1)c1ccc(-c2ccccc2)cc1. The lowest BCUT2D eigenvalue weighted by atomic mass is 9.91. The molecule has 0 unspecified atom stereocenters. The summed E-state index contributed by atoms with van der Waals surface area (Å²) >= 11 is 0. The second-order valence-corrected chi connectivity index (χ2v) is 15.0. The molecule has 0 amide bonds. The molecule has 0 saturated heterocycles. The molecule has 1 aliphatic heterocycles. The number of para-hydroxylation sites is 3. The Kier molecular flexibility index (Phi) is 9.60. The van der Waals surface area contributed by atoms with Crippen LogP contribution >= 0.6 is 0 Å². The first-order valence-corrected chi connectivity index (χ1v) is 20.2. The summed E-state index contributed by atoms with van der Waals surface area (Å²) in [5.41, 5.74) is 17.1. The van der Waals surface area contributed by atoms with Crippen molar-refractivity contribution < 1.29 is 0 Å². The van der Waals surface area contributed by atoms with Crippen LogP contribution in [0.1, 0.15) is 16.7 Å². The van der Waals surface area contributed by atoms with Crippen LogP contribution in [0, 0.1) is 0 Å². The van der Waals surface area contributed by atoms with E-state index in [1.54, 1.807) is 0 Å². The monoisotopic (exact) mass is 771 g/mol. The summed E-state index contributed by atoms with van der Waals surface area (Å²) in [6, 6.07) is 68.3. The quantitative estimate of drug-likeness (QED) is 0.128. The van der Waals surface area contributed by atoms with Gasteiger partial charge in [-0.05, 0) is 88.8 Å². The molecule has 10 rings (SSSR count). The second-order valence-electron chi connectivity index (χ2n) is 15.0. The molecule has 5 nitrogen and oxygen atoms in total. The molecule has 60 heavy (non-hydrogen) atoms. The van der Waals surface area contributed by atoms with Crippen molar-refractivity contribution in [3.8, 4) is 33.4 Å². The maximum atomic E-state index is 5.45. The van der Waals surface area contributed by atoms with Gasteiger partial charge in [0.25, 0.3) is 0 Å². The van der Waals surface area contributed by atoms with E-state index in [0.29, 0.717) is 6.67 Å². The largest absolute Gasteiger partial charge is 0.335 e. The molecule has 2 heterocycles. The Hall–Kier alpha value is -7.89. The van der Waals surface area contributed by atoms with Crippen LogP contribution in [0.5, 0.6) is 0 Å². The normalized spacial score (nSPS) is 12.6. The molecule has 0 bridgehead atoms. The molecule has 0 fully saturated rings. The van der Waals surface area contributed by atoms with Crippen LogP contribution in [0.3, 0.4) is 0 Å². The van der Waals surface area contributed by atoms with Crippen molar-refractivity contribution in [1.29, 1.82) is 0 Å². The highest BCUT2D eigenvalue weighted by molar-refractivity contribution is 6.14. The average Bonchev–Trinajstić information content (AvgIpc) is 3.63. The van der Waals surface area contributed by atoms with Crippen LogP contribution in [0.15, 0.2) is 215 Å². The fraction of sp³-hybridized carbons (Fsp3) is 0.0364. The zero-order valence-corrected chi connectivity index (χ0v) is 33.1. The van der Waals surface area contributed by atoms with Gasteiger partial charge in [0.05, 0.1) is 39.5 Å². The van der Waals surface area contributed by atoms with Crippen LogP contribution in [0.2, 0.25) is 0 Å². The highest BCUT2D eigenvalue weighted by Crippen LogP contribution is 2.48. The van der Waals surface area contributed by atoms with Crippen LogP contribution in [-0.2, 0) is 13.2 Å². The number of aromatic nitrogens is 1. The number of nitrogens with zero attached hydrogens (tertiary/aromatic N) is 5. The number of aliphatic imine (C=N–C) groups is 3. The Morgan fingerprint density at radius 1 is 0.517 bits per heavy atom. The number of fused-ring (bicyclic) bond motifs is 6. The maximum Gasteiger partial charge on any atom is 0.115 e. The minimum atomic E-state index is 0.383. The van der Waals surface area contributed by atoms with Crippen molar-refractivity contribution in [2.75, 3.05) is 4.90 Å². The van der Waals surface area contributed by atoms with E-state index in [9.17, 15) is 0 Å². The van der Waals surface area contributed by atoms with Crippen molar-refractivity contribution in [3.63, 3.8) is 0 Å². The first-order valence-electron chi connectivity index (χ1n) is 20.2. The van der Waals surface area contributed by atoms with Gasteiger partial charge >= 0.3 is 0 Å². The van der Waals surface area contributed by atoms with Crippen LogP contribution < -0.4 is 4.90 Å². The molecule has 5 heteroatoms. The van der Waals surface area contributed by atoms with E-state index in [1.165, 1.54) is 38.6 Å². The van der Waals surface area contributed by atoms with Gasteiger partial charge < -0.3 is 9.47 Å². The molecule has 9 aromatic rings. The van der Waals surface area contributed by atoms with Gasteiger partial charge in [0, 0.05) is 28.4 Å². The van der Waals surface area contributed by atoms with Crippen molar-refractivity contribution >= 4 is 63.7 Å². The Bertz CT molecular complexity index is 3100. The van der Waals surface area contributed by atoms with E-state index in [0.717, 1.165) is 68.3 Å². The van der Waals surface area contributed by atoms with Gasteiger partial charge in [0.2, 0.25) is 0 Å². The van der Waals surface area contributed by atoms with E-state index in [2.05, 4.69) is 209 Å². The lowest BCUT2D eigenvalue weighted by molar-refractivity contribution is 0.793. The molecular weight excluding hydrogens is 731 g/mol. The third kappa shape index (κ3) is 6.72. The second kappa shape index (κ2) is 15.8. The van der Waals surface area contributed by atoms with Gasteiger partial charge in [-0.15, -0.1) is 0 Å². The first-order chi connectivity index (χ1) is 29.7. The fourth-order valence-electron chi connectivity index (χ4n) is 8.54. The topological polar surface area (TPSA) is 45.2 Å². The molecule has 0 saturated carbocycles. The molecule has 0 N–H and O–H groups in total. The Labute approximate surface area is 350 Å². The molecule has 1 aliphatic rings. The van der Waals surface area contributed by atoms with Crippen molar-refractivity contribution in [2.24, 2.45) is 15.0 Å². The van der Waals surface area contributed by atoms with Crippen LogP contribution in [0.4, 0.5) is 17.1 Å². The van der Waals surface area contributed by atoms with Crippen LogP contribution in [0.25, 0.3) is 60.9 Å². The summed E-state index contributed by atoms with van der Waals surface area (Å²) in [6.45, 7) is 9.04. The predicted molar refractivity (Wildman–Crippen MR) is 254 cm³/mol. The van der Waals surface area contributed by atoms with Gasteiger partial charge in [0.1, 0.15) is 6.67 Å². The molecule has 0 radical (unpaired) electrons.